The van der Waals surface area contributed by atoms with E-state index in [0.717, 1.165) is 10.5 Å². The fraction of sp³-hybridized carbons (Fsp3) is 0.0789. The van der Waals surface area contributed by atoms with Crippen LogP contribution in [0.5, 0.6) is 11.5 Å². The molecule has 0 aromatic heterocycles. The first-order chi connectivity index (χ1) is 23.3. The molecule has 0 heterocycles. The Hall–Kier alpha value is -5.51. The lowest BCUT2D eigenvalue weighted by Crippen LogP contribution is -2.30. The second-order valence-electron chi connectivity index (χ2n) is 10.4. The summed E-state index contributed by atoms with van der Waals surface area (Å²) < 4.78 is 10.8. The number of rotatable bonds is 12. The van der Waals surface area contributed by atoms with Gasteiger partial charge in [-0.2, -0.15) is 0 Å². The van der Waals surface area contributed by atoms with E-state index in [1.165, 1.54) is 26.0 Å². The third kappa shape index (κ3) is 9.06. The normalized spacial score (nSPS) is 11.6. The van der Waals surface area contributed by atoms with E-state index in [2.05, 4.69) is 16.0 Å². The maximum atomic E-state index is 13.7. The molecular weight excluding hydrogens is 646 g/mol. The van der Waals surface area contributed by atoms with E-state index in [4.69, 9.17) is 21.1 Å². The molecule has 10 heteroatoms. The Balaban J connectivity index is 1.39. The van der Waals surface area contributed by atoms with Crippen LogP contribution in [0.4, 0.5) is 11.4 Å². The second-order valence-corrected chi connectivity index (χ2v) is 12.0. The van der Waals surface area contributed by atoms with Crippen LogP contribution in [0.1, 0.15) is 26.7 Å². The Morgan fingerprint density at radius 3 is 2.08 bits per heavy atom. The summed E-state index contributed by atoms with van der Waals surface area (Å²) in [7, 11) is 3.05. The standard InChI is InChI=1S/C38H32ClN3O5S/c1-46-33-21-16-25(23-34(33)47-2)22-32(42-36(43)27-12-7-4-8-13-27)37(44)41-30-14-9-15-31(24-30)48-35(26-10-5-3-6-11-26)38(45)40-29-19-17-28(39)18-20-29/h3-24,35H,1-2H3,(H,40,45)(H,41,44)(H,42,43)/b32-22+. The smallest absolute Gasteiger partial charge is 0.272 e. The maximum absolute atomic E-state index is 13.7. The van der Waals surface area contributed by atoms with Crippen LogP contribution in [0.3, 0.4) is 0 Å². The number of methoxy groups -OCH3 is 2. The van der Waals surface area contributed by atoms with E-state index in [1.807, 2.05) is 36.4 Å². The highest BCUT2D eigenvalue weighted by atomic mass is 35.5. The molecule has 0 bridgehead atoms. The number of ether oxygens (including phenoxy) is 2. The van der Waals surface area contributed by atoms with Crippen molar-refractivity contribution in [3.05, 3.63) is 155 Å². The maximum Gasteiger partial charge on any atom is 0.272 e. The van der Waals surface area contributed by atoms with Gasteiger partial charge in [0.1, 0.15) is 10.9 Å². The monoisotopic (exact) mass is 677 g/mol. The summed E-state index contributed by atoms with van der Waals surface area (Å²) in [4.78, 5) is 41.1. The number of amides is 3. The van der Waals surface area contributed by atoms with Gasteiger partial charge in [0, 0.05) is 26.9 Å². The van der Waals surface area contributed by atoms with Gasteiger partial charge in [-0.25, -0.2) is 0 Å². The summed E-state index contributed by atoms with van der Waals surface area (Å²) in [5, 5.41) is 8.58. The highest BCUT2D eigenvalue weighted by Crippen LogP contribution is 2.37. The zero-order valence-corrected chi connectivity index (χ0v) is 27.7. The molecule has 5 rings (SSSR count). The molecule has 3 amide bonds. The molecular formula is C38H32ClN3O5S. The van der Waals surface area contributed by atoms with Gasteiger partial charge in [-0.15, -0.1) is 11.8 Å². The van der Waals surface area contributed by atoms with E-state index in [1.54, 1.807) is 97.1 Å². The van der Waals surface area contributed by atoms with Crippen LogP contribution in [0, 0.1) is 0 Å². The van der Waals surface area contributed by atoms with Gasteiger partial charge < -0.3 is 25.4 Å². The fourth-order valence-electron chi connectivity index (χ4n) is 4.68. The number of carbonyl (C=O) groups is 3. The largest absolute Gasteiger partial charge is 0.493 e. The summed E-state index contributed by atoms with van der Waals surface area (Å²) in [5.41, 5.74) is 2.92. The summed E-state index contributed by atoms with van der Waals surface area (Å²) in [5.74, 6) is -0.209. The highest BCUT2D eigenvalue weighted by Gasteiger charge is 2.23. The second kappa shape index (κ2) is 16.4. The van der Waals surface area contributed by atoms with Gasteiger partial charge in [-0.1, -0.05) is 72.3 Å². The van der Waals surface area contributed by atoms with Crippen LogP contribution in [0.15, 0.2) is 138 Å². The number of hydrogen-bond acceptors (Lipinski definition) is 6. The van der Waals surface area contributed by atoms with Gasteiger partial charge >= 0.3 is 0 Å². The Morgan fingerprint density at radius 2 is 1.40 bits per heavy atom. The van der Waals surface area contributed by atoms with Crippen LogP contribution >= 0.6 is 23.4 Å². The van der Waals surface area contributed by atoms with Gasteiger partial charge in [0.05, 0.1) is 14.2 Å². The van der Waals surface area contributed by atoms with Crippen LogP contribution in [0.25, 0.3) is 6.08 Å². The minimum absolute atomic E-state index is 0.0126. The molecule has 48 heavy (non-hydrogen) atoms. The Labute approximate surface area is 288 Å². The Kier molecular flexibility index (Phi) is 11.5. The number of halogens is 1. The molecule has 0 aliphatic rings. The molecule has 0 fully saturated rings. The average molecular weight is 678 g/mol. The zero-order chi connectivity index (χ0) is 33.9. The molecule has 1 unspecified atom stereocenters. The van der Waals surface area contributed by atoms with E-state index in [-0.39, 0.29) is 11.6 Å². The van der Waals surface area contributed by atoms with E-state index in [0.29, 0.717) is 39.0 Å². The molecule has 5 aromatic rings. The first kappa shape index (κ1) is 33.8. The van der Waals surface area contributed by atoms with E-state index < -0.39 is 17.1 Å². The molecule has 0 saturated carbocycles. The Bertz CT molecular complexity index is 1920. The minimum Gasteiger partial charge on any atom is -0.493 e. The van der Waals surface area contributed by atoms with E-state index in [9.17, 15) is 14.4 Å². The molecule has 0 saturated heterocycles. The van der Waals surface area contributed by atoms with Gasteiger partial charge in [-0.3, -0.25) is 14.4 Å². The number of hydrogen-bond donors (Lipinski definition) is 3. The average Bonchev–Trinajstić information content (AvgIpc) is 3.12. The van der Waals surface area contributed by atoms with Crippen molar-refractivity contribution >= 4 is 58.5 Å². The van der Waals surface area contributed by atoms with Crippen molar-refractivity contribution in [1.82, 2.24) is 5.32 Å². The van der Waals surface area contributed by atoms with E-state index >= 15 is 0 Å². The summed E-state index contributed by atoms with van der Waals surface area (Å²) >= 11 is 7.36. The van der Waals surface area contributed by atoms with Crippen molar-refractivity contribution in [2.45, 2.75) is 10.1 Å². The van der Waals surface area contributed by atoms with Crippen LogP contribution < -0.4 is 25.4 Å². The molecule has 0 spiro atoms. The van der Waals surface area contributed by atoms with Gasteiger partial charge in [0.15, 0.2) is 11.5 Å². The number of thioether (sulfide) groups is 1. The zero-order valence-electron chi connectivity index (χ0n) is 26.1. The van der Waals surface area contributed by atoms with Gasteiger partial charge in [0.2, 0.25) is 5.91 Å². The molecule has 0 radical (unpaired) electrons. The molecule has 1 atom stereocenters. The van der Waals surface area contributed by atoms with Crippen molar-refractivity contribution in [1.29, 1.82) is 0 Å². The highest BCUT2D eigenvalue weighted by molar-refractivity contribution is 8.00. The van der Waals surface area contributed by atoms with Crippen molar-refractivity contribution in [3.63, 3.8) is 0 Å². The van der Waals surface area contributed by atoms with Crippen molar-refractivity contribution in [2.75, 3.05) is 24.9 Å². The van der Waals surface area contributed by atoms with Crippen LogP contribution in [0.2, 0.25) is 5.02 Å². The summed E-state index contributed by atoms with van der Waals surface area (Å²) in [6.45, 7) is 0. The van der Waals surface area contributed by atoms with Crippen LogP contribution in [-0.2, 0) is 9.59 Å². The number of benzene rings is 5. The quantitative estimate of drug-likeness (QED) is 0.0908. The fourth-order valence-corrected chi connectivity index (χ4v) is 5.88. The first-order valence-corrected chi connectivity index (χ1v) is 16.1. The molecule has 3 N–H and O–H groups in total. The number of carbonyl (C=O) groups excluding carboxylic acids is 3. The summed E-state index contributed by atoms with van der Waals surface area (Å²) in [6, 6.07) is 37.3. The van der Waals surface area contributed by atoms with Crippen LogP contribution in [-0.4, -0.2) is 31.9 Å². The first-order valence-electron chi connectivity index (χ1n) is 14.8. The summed E-state index contributed by atoms with van der Waals surface area (Å²) in [6.07, 6.45) is 1.56. The lowest BCUT2D eigenvalue weighted by molar-refractivity contribution is -0.116. The Morgan fingerprint density at radius 1 is 0.708 bits per heavy atom. The molecule has 0 aliphatic carbocycles. The van der Waals surface area contributed by atoms with Crippen molar-refractivity contribution in [2.24, 2.45) is 0 Å². The topological polar surface area (TPSA) is 106 Å². The minimum atomic E-state index is -0.599. The number of anilines is 2. The third-order valence-corrected chi connectivity index (χ3v) is 8.55. The molecule has 8 nitrogen and oxygen atoms in total. The predicted octanol–water partition coefficient (Wildman–Crippen LogP) is 8.24. The third-order valence-electron chi connectivity index (χ3n) is 7.05. The SMILES string of the molecule is COc1ccc(/C=C(/NC(=O)c2ccccc2)C(=O)Nc2cccc(SC(C(=O)Nc3ccc(Cl)cc3)c3ccccc3)c2)cc1OC. The lowest BCUT2D eigenvalue weighted by Gasteiger charge is -2.18. The predicted molar refractivity (Wildman–Crippen MR) is 192 cm³/mol. The molecule has 242 valence electrons. The van der Waals surface area contributed by atoms with Gasteiger partial charge in [-0.05, 0) is 83.9 Å². The van der Waals surface area contributed by atoms with Gasteiger partial charge in [0.25, 0.3) is 11.8 Å². The lowest BCUT2D eigenvalue weighted by atomic mass is 10.1. The molecule has 0 aliphatic heterocycles. The molecule has 5 aromatic carbocycles. The van der Waals surface area contributed by atoms with Crippen molar-refractivity contribution in [3.8, 4) is 11.5 Å². The van der Waals surface area contributed by atoms with Crippen molar-refractivity contribution < 1.29 is 23.9 Å². The number of nitrogens with one attached hydrogen (secondary N) is 3.